The second-order valence-electron chi connectivity index (χ2n) is 10.6. The van der Waals surface area contributed by atoms with Gasteiger partial charge in [-0.15, -0.1) is 11.3 Å². The lowest BCUT2D eigenvalue weighted by Gasteiger charge is -2.23. The summed E-state index contributed by atoms with van der Waals surface area (Å²) in [6, 6.07) is 26.4. The van der Waals surface area contributed by atoms with Crippen LogP contribution in [0.1, 0.15) is 32.8 Å². The summed E-state index contributed by atoms with van der Waals surface area (Å²) in [5, 5.41) is 5.89. The van der Waals surface area contributed by atoms with Gasteiger partial charge in [-0.2, -0.15) is 10.1 Å². The molecule has 0 saturated carbocycles. The van der Waals surface area contributed by atoms with Gasteiger partial charge in [0, 0.05) is 18.2 Å². The zero-order valence-electron chi connectivity index (χ0n) is 23.8. The first-order valence-electron chi connectivity index (χ1n) is 13.8. The molecule has 0 radical (unpaired) electrons. The molecule has 42 heavy (non-hydrogen) atoms. The molecule has 0 unspecified atom stereocenters. The Bertz CT molecular complexity index is 1920. The molecule has 0 saturated heterocycles. The first kappa shape index (κ1) is 27.4. The molecule has 8 nitrogen and oxygen atoms in total. The van der Waals surface area contributed by atoms with Crippen molar-refractivity contribution in [1.82, 2.24) is 4.57 Å². The molecule has 0 spiro atoms. The predicted molar refractivity (Wildman–Crippen MR) is 166 cm³/mol. The summed E-state index contributed by atoms with van der Waals surface area (Å²) in [4.78, 5) is 43.4. The van der Waals surface area contributed by atoms with Crippen molar-refractivity contribution in [2.75, 3.05) is 23.6 Å². The molecule has 6 rings (SSSR count). The number of rotatable bonds is 5. The van der Waals surface area contributed by atoms with Crippen LogP contribution in [-0.2, 0) is 19.7 Å². The van der Waals surface area contributed by atoms with E-state index >= 15 is 0 Å². The lowest BCUT2D eigenvalue weighted by atomic mass is 9.84. The number of benzene rings is 3. The van der Waals surface area contributed by atoms with Gasteiger partial charge in [-0.3, -0.25) is 19.0 Å². The molecule has 0 fully saturated rings. The van der Waals surface area contributed by atoms with E-state index in [1.807, 2.05) is 73.8 Å². The first-order valence-corrected chi connectivity index (χ1v) is 14.6. The molecule has 1 amide bonds. The fourth-order valence-electron chi connectivity index (χ4n) is 5.78. The molecule has 4 aromatic rings. The van der Waals surface area contributed by atoms with Crippen LogP contribution < -0.4 is 24.7 Å². The van der Waals surface area contributed by atoms with Gasteiger partial charge in [-0.1, -0.05) is 68.4 Å². The molecule has 3 heterocycles. The maximum atomic E-state index is 14.5. The number of hydrazone groups is 1. The van der Waals surface area contributed by atoms with Crippen molar-refractivity contribution in [3.63, 3.8) is 0 Å². The van der Waals surface area contributed by atoms with E-state index in [9.17, 15) is 14.4 Å². The lowest BCUT2D eigenvalue weighted by molar-refractivity contribution is -0.141. The summed E-state index contributed by atoms with van der Waals surface area (Å²) < 4.78 is 7.74. The van der Waals surface area contributed by atoms with E-state index in [1.165, 1.54) is 16.3 Å². The van der Waals surface area contributed by atoms with Gasteiger partial charge in [-0.25, -0.2) is 0 Å². The summed E-state index contributed by atoms with van der Waals surface area (Å²) in [7, 11) is 1.97. The van der Waals surface area contributed by atoms with Gasteiger partial charge in [0.2, 0.25) is 0 Å². The maximum Gasteiger partial charge on any atom is 0.311 e. The number of likely N-dealkylation sites (N-methyl/N-ethyl adjacent to an activating group) is 1. The minimum atomic E-state index is -0.497. The third-order valence-electron chi connectivity index (χ3n) is 7.64. The Kier molecular flexibility index (Phi) is 6.90. The number of aromatic nitrogens is 1. The van der Waals surface area contributed by atoms with Gasteiger partial charge in [0.05, 0.1) is 35.8 Å². The van der Waals surface area contributed by atoms with Crippen molar-refractivity contribution in [1.29, 1.82) is 0 Å². The molecule has 0 N–H and O–H groups in total. The van der Waals surface area contributed by atoms with Crippen molar-refractivity contribution in [3.05, 3.63) is 110 Å². The molecule has 0 aliphatic carbocycles. The van der Waals surface area contributed by atoms with Gasteiger partial charge in [-0.05, 0) is 42.8 Å². The fourth-order valence-corrected chi connectivity index (χ4v) is 7.23. The van der Waals surface area contributed by atoms with Gasteiger partial charge < -0.3 is 9.64 Å². The Morgan fingerprint density at radius 3 is 2.17 bits per heavy atom. The summed E-state index contributed by atoms with van der Waals surface area (Å²) in [6.07, 6.45) is -0.206. The van der Waals surface area contributed by atoms with E-state index in [4.69, 9.17) is 4.74 Å². The van der Waals surface area contributed by atoms with Gasteiger partial charge in [0.25, 0.3) is 11.5 Å². The summed E-state index contributed by atoms with van der Waals surface area (Å²) in [5.41, 5.74) is 3.94. The Balaban J connectivity index is 1.70. The molecule has 2 aliphatic heterocycles. The number of hydrogen-bond donors (Lipinski definition) is 0. The van der Waals surface area contributed by atoms with Crippen LogP contribution in [0.3, 0.4) is 0 Å². The number of nitrogens with zero attached hydrogens (tertiary/aromatic N) is 4. The Hall–Kier alpha value is -4.76. The zero-order chi connectivity index (χ0) is 29.6. The van der Waals surface area contributed by atoms with Crippen LogP contribution in [0.15, 0.2) is 94.8 Å². The highest BCUT2D eigenvalue weighted by atomic mass is 32.1. The fraction of sp³-hybridized carbons (Fsp3) is 0.212. The highest BCUT2D eigenvalue weighted by Crippen LogP contribution is 2.47. The number of ether oxygens (including phenoxy) is 1. The number of thiazole rings is 1. The molecule has 1 aromatic heterocycles. The lowest BCUT2D eigenvalue weighted by Crippen LogP contribution is -2.38. The number of esters is 1. The zero-order valence-corrected chi connectivity index (χ0v) is 24.6. The number of fused-ring (bicyclic) bond motifs is 1. The molecule has 0 atom stereocenters. The monoisotopic (exact) mass is 578 g/mol. The first-order chi connectivity index (χ1) is 20.2. The Labute approximate surface area is 247 Å². The van der Waals surface area contributed by atoms with E-state index in [0.717, 1.165) is 16.9 Å². The largest absolute Gasteiger partial charge is 0.466 e. The van der Waals surface area contributed by atoms with Crippen LogP contribution in [0.5, 0.6) is 0 Å². The number of anilines is 2. The van der Waals surface area contributed by atoms with Crippen molar-refractivity contribution in [2.45, 2.75) is 32.6 Å². The van der Waals surface area contributed by atoms with Gasteiger partial charge in [0.1, 0.15) is 14.8 Å². The highest BCUT2D eigenvalue weighted by molar-refractivity contribution is 7.08. The highest BCUT2D eigenvalue weighted by Gasteiger charge is 2.41. The van der Waals surface area contributed by atoms with E-state index in [0.29, 0.717) is 20.6 Å². The predicted octanol–water partition coefficient (Wildman–Crippen LogP) is 3.94. The maximum absolute atomic E-state index is 14.5. The molecule has 212 valence electrons. The van der Waals surface area contributed by atoms with Crippen molar-refractivity contribution in [2.24, 2.45) is 5.10 Å². The van der Waals surface area contributed by atoms with Crippen molar-refractivity contribution >= 4 is 51.6 Å². The second-order valence-corrected chi connectivity index (χ2v) is 11.6. The normalized spacial score (nSPS) is 18.3. The molecular weight excluding hydrogens is 548 g/mol. The average Bonchev–Trinajstić information content (AvgIpc) is 3.55. The van der Waals surface area contributed by atoms with E-state index in [1.54, 1.807) is 23.6 Å². The van der Waals surface area contributed by atoms with E-state index in [-0.39, 0.29) is 29.9 Å². The van der Waals surface area contributed by atoms with Gasteiger partial charge >= 0.3 is 5.97 Å². The molecule has 0 bridgehead atoms. The number of amides is 1. The third kappa shape index (κ3) is 4.37. The smallest absolute Gasteiger partial charge is 0.311 e. The van der Waals surface area contributed by atoms with Crippen LogP contribution in [0.2, 0.25) is 0 Å². The number of para-hydroxylation sites is 3. The van der Waals surface area contributed by atoms with Crippen LogP contribution in [0, 0.1) is 0 Å². The van der Waals surface area contributed by atoms with Crippen LogP contribution in [-0.4, -0.2) is 35.8 Å². The SMILES string of the molecule is CCOC(=O)CC1=NN(c2ccccc2)C(=O)/C1=c1/s/c(=C2/N(C)c3ccccc3C2(C)C)c(=O)n1-c1ccccc1. The quantitative estimate of drug-likeness (QED) is 0.335. The number of carbonyl (C=O) groups excluding carboxylic acids is 2. The molecular formula is C33H30N4O4S. The van der Waals surface area contributed by atoms with E-state index < -0.39 is 17.3 Å². The topological polar surface area (TPSA) is 84.2 Å². The standard InChI is InChI=1S/C33H30N4O4S/c1-5-41-26(38)20-24-27(30(39)37(34-24)22-16-10-7-11-17-22)32-36(21-14-8-6-9-15-21)31(40)28(42-32)29-33(2,3)23-18-12-13-19-25(23)35(29)4/h6-19H,5,20H2,1-4H3/b29-28+,32-27+. The minimum absolute atomic E-state index is 0.204. The van der Waals surface area contributed by atoms with Crippen LogP contribution in [0.25, 0.3) is 17.0 Å². The Morgan fingerprint density at radius 2 is 1.52 bits per heavy atom. The van der Waals surface area contributed by atoms with E-state index in [2.05, 4.69) is 29.9 Å². The third-order valence-corrected chi connectivity index (χ3v) is 8.79. The van der Waals surface area contributed by atoms with Crippen LogP contribution in [0.4, 0.5) is 11.4 Å². The molecule has 3 aromatic carbocycles. The average molecular weight is 579 g/mol. The van der Waals surface area contributed by atoms with Crippen molar-refractivity contribution in [3.8, 4) is 5.69 Å². The molecule has 9 heteroatoms. The van der Waals surface area contributed by atoms with Gasteiger partial charge in [0.15, 0.2) is 0 Å². The summed E-state index contributed by atoms with van der Waals surface area (Å²) in [6.45, 7) is 6.15. The summed E-state index contributed by atoms with van der Waals surface area (Å²) in [5.74, 6) is -0.909. The number of carbonyl (C=O) groups is 2. The molecule has 2 aliphatic rings. The summed E-state index contributed by atoms with van der Waals surface area (Å²) >= 11 is 1.25. The number of hydrogen-bond acceptors (Lipinski definition) is 7. The van der Waals surface area contributed by atoms with Crippen molar-refractivity contribution < 1.29 is 14.3 Å². The van der Waals surface area contributed by atoms with Crippen LogP contribution >= 0.6 is 11.3 Å². The Morgan fingerprint density at radius 1 is 0.905 bits per heavy atom. The minimum Gasteiger partial charge on any atom is -0.466 e. The second kappa shape index (κ2) is 10.6.